The number of anilines is 1. The number of rotatable bonds is 5. The normalized spacial score (nSPS) is 12.7. The Balaban J connectivity index is 1.69. The lowest BCUT2D eigenvalue weighted by Gasteiger charge is -2.15. The quantitative estimate of drug-likeness (QED) is 0.717. The van der Waals surface area contributed by atoms with Gasteiger partial charge in [0.2, 0.25) is 11.9 Å². The summed E-state index contributed by atoms with van der Waals surface area (Å²) in [5.74, 6) is 0.778. The van der Waals surface area contributed by atoms with E-state index in [9.17, 15) is 9.59 Å². The van der Waals surface area contributed by atoms with E-state index in [2.05, 4.69) is 10.4 Å². The fraction of sp³-hybridized carbons (Fsp3) is 0.333. The van der Waals surface area contributed by atoms with E-state index in [-0.39, 0.29) is 18.0 Å². The second-order valence-corrected chi connectivity index (χ2v) is 7.20. The Labute approximate surface area is 168 Å². The minimum atomic E-state index is -0.306. The fourth-order valence-electron chi connectivity index (χ4n) is 3.67. The van der Waals surface area contributed by atoms with Gasteiger partial charge in [-0.1, -0.05) is 0 Å². The molecule has 0 spiro atoms. The Kier molecular flexibility index (Phi) is 4.92. The Bertz CT molecular complexity index is 1130. The first kappa shape index (κ1) is 18.9. The van der Waals surface area contributed by atoms with E-state index in [4.69, 9.17) is 9.72 Å². The van der Waals surface area contributed by atoms with Crippen LogP contribution in [0.2, 0.25) is 0 Å². The van der Waals surface area contributed by atoms with Gasteiger partial charge in [0, 0.05) is 16.9 Å². The maximum Gasteiger partial charge on any atom is 0.258 e. The molecule has 1 aromatic carbocycles. The van der Waals surface area contributed by atoms with E-state index in [1.54, 1.807) is 36.1 Å². The van der Waals surface area contributed by atoms with Crippen LogP contribution in [0.4, 0.5) is 5.69 Å². The van der Waals surface area contributed by atoms with Crippen LogP contribution in [0.1, 0.15) is 29.1 Å². The average molecular weight is 393 g/mol. The largest absolute Gasteiger partial charge is 0.497 e. The second-order valence-electron chi connectivity index (χ2n) is 7.20. The van der Waals surface area contributed by atoms with Crippen LogP contribution in [-0.4, -0.2) is 32.3 Å². The highest BCUT2D eigenvalue weighted by atomic mass is 16.5. The maximum atomic E-state index is 13.1. The molecular formula is C21H23N5O3. The Morgan fingerprint density at radius 3 is 2.62 bits per heavy atom. The summed E-state index contributed by atoms with van der Waals surface area (Å²) in [7, 11) is 1.58. The summed E-state index contributed by atoms with van der Waals surface area (Å²) in [6, 6.07) is 8.95. The van der Waals surface area contributed by atoms with Crippen molar-refractivity contribution < 1.29 is 9.53 Å². The number of amides is 1. The van der Waals surface area contributed by atoms with Crippen molar-refractivity contribution in [2.45, 2.75) is 39.7 Å². The van der Waals surface area contributed by atoms with Crippen LogP contribution in [0.3, 0.4) is 0 Å². The lowest BCUT2D eigenvalue weighted by atomic mass is 10.2. The molecule has 4 rings (SSSR count). The zero-order chi connectivity index (χ0) is 20.5. The molecule has 29 heavy (non-hydrogen) atoms. The van der Waals surface area contributed by atoms with E-state index in [0.717, 1.165) is 29.9 Å². The standard InChI is InChI=1S/C21H23N5O3/c1-13-11-14(2)26(24-13)21-23-18-6-4-5-17(18)20(28)25(21)12-19(27)22-15-7-9-16(29-3)10-8-15/h7-11H,4-6,12H2,1-3H3,(H,22,27). The van der Waals surface area contributed by atoms with Crippen molar-refractivity contribution in [3.05, 3.63) is 63.3 Å². The summed E-state index contributed by atoms with van der Waals surface area (Å²) in [5, 5.41) is 7.29. The first-order valence-corrected chi connectivity index (χ1v) is 9.56. The van der Waals surface area contributed by atoms with Crippen molar-refractivity contribution in [3.8, 4) is 11.7 Å². The Morgan fingerprint density at radius 1 is 1.21 bits per heavy atom. The predicted molar refractivity (Wildman–Crippen MR) is 109 cm³/mol. The number of nitrogens with zero attached hydrogens (tertiary/aromatic N) is 4. The molecular weight excluding hydrogens is 370 g/mol. The number of aryl methyl sites for hydroxylation is 3. The molecule has 1 N–H and O–H groups in total. The molecule has 0 saturated heterocycles. The highest BCUT2D eigenvalue weighted by molar-refractivity contribution is 5.90. The van der Waals surface area contributed by atoms with Crippen molar-refractivity contribution in [3.63, 3.8) is 0 Å². The van der Waals surface area contributed by atoms with Crippen molar-refractivity contribution >= 4 is 11.6 Å². The SMILES string of the molecule is COc1ccc(NC(=O)Cn2c(-n3nc(C)cc3C)nc3c(c2=O)CCC3)cc1. The van der Waals surface area contributed by atoms with Gasteiger partial charge in [0.1, 0.15) is 12.3 Å². The van der Waals surface area contributed by atoms with Gasteiger partial charge in [-0.05, 0) is 63.4 Å². The molecule has 1 amide bonds. The van der Waals surface area contributed by atoms with Gasteiger partial charge in [-0.15, -0.1) is 0 Å². The number of methoxy groups -OCH3 is 1. The van der Waals surface area contributed by atoms with Crippen LogP contribution in [0.15, 0.2) is 35.1 Å². The number of hydrogen-bond acceptors (Lipinski definition) is 5. The minimum Gasteiger partial charge on any atom is -0.497 e. The molecule has 0 fully saturated rings. The number of carbonyl (C=O) groups excluding carboxylic acids is 1. The highest BCUT2D eigenvalue weighted by Gasteiger charge is 2.23. The first-order chi connectivity index (χ1) is 14.0. The zero-order valence-corrected chi connectivity index (χ0v) is 16.7. The van der Waals surface area contributed by atoms with Gasteiger partial charge >= 0.3 is 0 Å². The number of aromatic nitrogens is 4. The number of ether oxygens (including phenoxy) is 1. The van der Waals surface area contributed by atoms with Crippen LogP contribution >= 0.6 is 0 Å². The summed E-state index contributed by atoms with van der Waals surface area (Å²) in [4.78, 5) is 30.5. The van der Waals surface area contributed by atoms with E-state index in [1.165, 1.54) is 4.57 Å². The molecule has 0 bridgehead atoms. The van der Waals surface area contributed by atoms with Crippen LogP contribution in [0.25, 0.3) is 5.95 Å². The molecule has 0 radical (unpaired) electrons. The molecule has 0 aliphatic heterocycles. The van der Waals surface area contributed by atoms with Crippen LogP contribution < -0.4 is 15.6 Å². The zero-order valence-electron chi connectivity index (χ0n) is 16.7. The molecule has 2 aromatic heterocycles. The Morgan fingerprint density at radius 2 is 1.97 bits per heavy atom. The smallest absolute Gasteiger partial charge is 0.258 e. The number of benzene rings is 1. The van der Waals surface area contributed by atoms with Crippen molar-refractivity contribution in [2.75, 3.05) is 12.4 Å². The molecule has 0 saturated carbocycles. The third-order valence-electron chi connectivity index (χ3n) is 5.04. The van der Waals surface area contributed by atoms with Gasteiger partial charge in [0.25, 0.3) is 5.56 Å². The summed E-state index contributed by atoms with van der Waals surface area (Å²) in [6.45, 7) is 3.65. The molecule has 0 atom stereocenters. The number of fused-ring (bicyclic) bond motifs is 1. The van der Waals surface area contributed by atoms with E-state index < -0.39 is 0 Å². The summed E-state index contributed by atoms with van der Waals surface area (Å²) >= 11 is 0. The molecule has 8 nitrogen and oxygen atoms in total. The van der Waals surface area contributed by atoms with Crippen molar-refractivity contribution in [1.82, 2.24) is 19.3 Å². The average Bonchev–Trinajstić information content (AvgIpc) is 3.30. The van der Waals surface area contributed by atoms with Crippen LogP contribution in [-0.2, 0) is 24.2 Å². The van der Waals surface area contributed by atoms with Gasteiger partial charge in [0.05, 0.1) is 18.5 Å². The molecule has 1 aliphatic carbocycles. The third kappa shape index (κ3) is 3.65. The monoisotopic (exact) mass is 393 g/mol. The van der Waals surface area contributed by atoms with Crippen molar-refractivity contribution in [2.24, 2.45) is 0 Å². The van der Waals surface area contributed by atoms with Crippen molar-refractivity contribution in [1.29, 1.82) is 0 Å². The predicted octanol–water partition coefficient (Wildman–Crippen LogP) is 2.18. The number of carbonyl (C=O) groups is 1. The maximum absolute atomic E-state index is 13.1. The third-order valence-corrected chi connectivity index (χ3v) is 5.04. The fourth-order valence-corrected chi connectivity index (χ4v) is 3.67. The van der Waals surface area contributed by atoms with E-state index >= 15 is 0 Å². The lowest BCUT2D eigenvalue weighted by Crippen LogP contribution is -2.34. The van der Waals surface area contributed by atoms with Crippen LogP contribution in [0.5, 0.6) is 5.75 Å². The molecule has 0 unspecified atom stereocenters. The topological polar surface area (TPSA) is 91.0 Å². The van der Waals surface area contributed by atoms with Gasteiger partial charge in [-0.3, -0.25) is 14.2 Å². The van der Waals surface area contributed by atoms with E-state index in [1.807, 2.05) is 19.9 Å². The molecule has 150 valence electrons. The van der Waals surface area contributed by atoms with Gasteiger partial charge in [-0.25, -0.2) is 9.67 Å². The van der Waals surface area contributed by atoms with Crippen LogP contribution in [0, 0.1) is 13.8 Å². The number of nitrogens with one attached hydrogen (secondary N) is 1. The summed E-state index contributed by atoms with van der Waals surface area (Å²) in [5.41, 5.74) is 3.66. The molecule has 2 heterocycles. The summed E-state index contributed by atoms with van der Waals surface area (Å²) < 4.78 is 8.18. The number of hydrogen-bond donors (Lipinski definition) is 1. The first-order valence-electron chi connectivity index (χ1n) is 9.56. The Hall–Kier alpha value is -3.42. The molecule has 3 aromatic rings. The summed E-state index contributed by atoms with van der Waals surface area (Å²) in [6.07, 6.45) is 2.37. The van der Waals surface area contributed by atoms with E-state index in [0.29, 0.717) is 29.4 Å². The van der Waals surface area contributed by atoms with Gasteiger partial charge in [-0.2, -0.15) is 5.10 Å². The van der Waals surface area contributed by atoms with Gasteiger partial charge in [0.15, 0.2) is 0 Å². The minimum absolute atomic E-state index is 0.140. The molecule has 8 heteroatoms. The van der Waals surface area contributed by atoms with Gasteiger partial charge < -0.3 is 10.1 Å². The lowest BCUT2D eigenvalue weighted by molar-refractivity contribution is -0.116. The second kappa shape index (κ2) is 7.54. The highest BCUT2D eigenvalue weighted by Crippen LogP contribution is 2.19. The molecule has 1 aliphatic rings.